The second kappa shape index (κ2) is 12.0. The van der Waals surface area contributed by atoms with E-state index in [9.17, 15) is 9.59 Å². The molecule has 1 aromatic rings. The van der Waals surface area contributed by atoms with E-state index in [1.54, 1.807) is 4.90 Å². The van der Waals surface area contributed by atoms with E-state index >= 15 is 0 Å². The first kappa shape index (κ1) is 24.9. The number of nitrogens with zero attached hydrogens (tertiary/aromatic N) is 5. The van der Waals surface area contributed by atoms with Gasteiger partial charge >= 0.3 is 12.1 Å². The smallest absolute Gasteiger partial charge is 0.411 e. The molecule has 0 N–H and O–H groups in total. The van der Waals surface area contributed by atoms with Gasteiger partial charge in [0.05, 0.1) is 19.6 Å². The SMILES string of the molecule is COC(=O)CCN1CCN(C2OC(=O)N(C)C2CCN2CCN(Cc3ccccc3)CC2)CC1. The van der Waals surface area contributed by atoms with Gasteiger partial charge in [-0.1, -0.05) is 30.3 Å². The van der Waals surface area contributed by atoms with Crippen molar-refractivity contribution in [2.24, 2.45) is 0 Å². The zero-order valence-corrected chi connectivity index (χ0v) is 20.6. The van der Waals surface area contributed by atoms with Gasteiger partial charge in [0, 0.05) is 79.0 Å². The Morgan fingerprint density at radius 3 is 2.24 bits per heavy atom. The van der Waals surface area contributed by atoms with Crippen LogP contribution >= 0.6 is 0 Å². The van der Waals surface area contributed by atoms with Crippen LogP contribution in [-0.4, -0.2) is 128 Å². The molecule has 3 aliphatic rings. The number of amides is 1. The molecule has 0 aliphatic carbocycles. The number of carbonyl (C=O) groups excluding carboxylic acids is 2. The third-order valence-corrected chi connectivity index (χ3v) is 7.42. The molecule has 1 aromatic carbocycles. The van der Waals surface area contributed by atoms with Crippen LogP contribution in [0.4, 0.5) is 4.79 Å². The molecule has 3 heterocycles. The molecule has 0 aromatic heterocycles. The zero-order chi connectivity index (χ0) is 23.9. The summed E-state index contributed by atoms with van der Waals surface area (Å²) in [7, 11) is 3.29. The summed E-state index contributed by atoms with van der Waals surface area (Å²) in [6.45, 7) is 10.4. The molecule has 1 amide bonds. The second-order valence-corrected chi connectivity index (χ2v) is 9.55. The lowest BCUT2D eigenvalue weighted by Gasteiger charge is -2.39. The predicted molar refractivity (Wildman–Crippen MR) is 129 cm³/mol. The minimum Gasteiger partial charge on any atom is -0.469 e. The lowest BCUT2D eigenvalue weighted by Crippen LogP contribution is -2.55. The van der Waals surface area contributed by atoms with Gasteiger partial charge in [0.25, 0.3) is 0 Å². The van der Waals surface area contributed by atoms with Gasteiger partial charge in [0.15, 0.2) is 6.23 Å². The van der Waals surface area contributed by atoms with Crippen molar-refractivity contribution in [1.29, 1.82) is 0 Å². The number of carbonyl (C=O) groups is 2. The predicted octanol–water partition coefficient (Wildman–Crippen LogP) is 1.15. The maximum absolute atomic E-state index is 12.4. The highest BCUT2D eigenvalue weighted by Gasteiger charge is 2.43. The van der Waals surface area contributed by atoms with Crippen LogP contribution in [0, 0.1) is 0 Å². The van der Waals surface area contributed by atoms with Crippen LogP contribution in [0.5, 0.6) is 0 Å². The summed E-state index contributed by atoms with van der Waals surface area (Å²) in [6.07, 6.45) is 0.906. The first-order valence-corrected chi connectivity index (χ1v) is 12.5. The molecule has 34 heavy (non-hydrogen) atoms. The fraction of sp³-hybridized carbons (Fsp3) is 0.680. The molecule has 3 fully saturated rings. The first-order valence-electron chi connectivity index (χ1n) is 12.5. The Balaban J connectivity index is 1.21. The van der Waals surface area contributed by atoms with Gasteiger partial charge in [-0.3, -0.25) is 14.6 Å². The molecule has 0 spiro atoms. The van der Waals surface area contributed by atoms with E-state index in [2.05, 4.69) is 49.9 Å². The quantitative estimate of drug-likeness (QED) is 0.495. The van der Waals surface area contributed by atoms with Crippen molar-refractivity contribution in [2.45, 2.75) is 31.7 Å². The van der Waals surface area contributed by atoms with Crippen LogP contribution in [-0.2, 0) is 20.8 Å². The standard InChI is InChI=1S/C25H39N5O4/c1-26-22(8-10-27-12-14-29(15-13-27)20-21-6-4-3-5-7-21)24(34-25(26)32)30-18-16-28(17-19-30)11-9-23(31)33-2/h3-7,22,24H,8-20H2,1-2H3. The number of benzene rings is 1. The largest absolute Gasteiger partial charge is 0.469 e. The van der Waals surface area contributed by atoms with Crippen LogP contribution < -0.4 is 0 Å². The summed E-state index contributed by atoms with van der Waals surface area (Å²) in [6, 6.07) is 10.7. The molecule has 9 nitrogen and oxygen atoms in total. The van der Waals surface area contributed by atoms with E-state index in [4.69, 9.17) is 9.47 Å². The maximum Gasteiger partial charge on any atom is 0.411 e. The first-order chi connectivity index (χ1) is 16.5. The summed E-state index contributed by atoms with van der Waals surface area (Å²) < 4.78 is 10.5. The Morgan fingerprint density at radius 2 is 1.56 bits per heavy atom. The van der Waals surface area contributed by atoms with E-state index in [-0.39, 0.29) is 24.3 Å². The highest BCUT2D eigenvalue weighted by atomic mass is 16.6. The van der Waals surface area contributed by atoms with Crippen LogP contribution in [0.15, 0.2) is 30.3 Å². The molecule has 3 saturated heterocycles. The molecule has 4 rings (SSSR count). The molecule has 0 radical (unpaired) electrons. The summed E-state index contributed by atoms with van der Waals surface area (Å²) in [5.41, 5.74) is 1.37. The third-order valence-electron chi connectivity index (χ3n) is 7.42. The zero-order valence-electron chi connectivity index (χ0n) is 20.6. The van der Waals surface area contributed by atoms with Crippen molar-refractivity contribution in [3.05, 3.63) is 35.9 Å². The van der Waals surface area contributed by atoms with E-state index in [1.807, 2.05) is 7.05 Å². The van der Waals surface area contributed by atoms with E-state index in [1.165, 1.54) is 12.7 Å². The monoisotopic (exact) mass is 473 g/mol. The minimum absolute atomic E-state index is 0.0662. The van der Waals surface area contributed by atoms with Crippen molar-refractivity contribution in [1.82, 2.24) is 24.5 Å². The summed E-state index contributed by atoms with van der Waals surface area (Å²) in [5, 5.41) is 0. The van der Waals surface area contributed by atoms with E-state index < -0.39 is 0 Å². The number of hydrogen-bond donors (Lipinski definition) is 0. The Morgan fingerprint density at radius 1 is 0.941 bits per heavy atom. The number of piperazine rings is 2. The van der Waals surface area contributed by atoms with Crippen molar-refractivity contribution in [3.8, 4) is 0 Å². The van der Waals surface area contributed by atoms with Crippen molar-refractivity contribution < 1.29 is 19.1 Å². The van der Waals surface area contributed by atoms with Gasteiger partial charge in [-0.15, -0.1) is 0 Å². The summed E-state index contributed by atoms with van der Waals surface area (Å²) >= 11 is 0. The van der Waals surface area contributed by atoms with E-state index in [0.717, 1.165) is 71.9 Å². The molecule has 9 heteroatoms. The fourth-order valence-electron chi connectivity index (χ4n) is 5.17. The normalized spacial score (nSPS) is 25.5. The lowest BCUT2D eigenvalue weighted by atomic mass is 10.1. The number of methoxy groups -OCH3 is 1. The van der Waals surface area contributed by atoms with Crippen LogP contribution in [0.2, 0.25) is 0 Å². The lowest BCUT2D eigenvalue weighted by molar-refractivity contribution is -0.141. The third kappa shape index (κ3) is 6.47. The molecular formula is C25H39N5O4. The van der Waals surface area contributed by atoms with E-state index in [0.29, 0.717) is 13.0 Å². The van der Waals surface area contributed by atoms with Gasteiger partial charge in [-0.25, -0.2) is 4.79 Å². The summed E-state index contributed by atoms with van der Waals surface area (Å²) in [5.74, 6) is -0.172. The number of esters is 1. The molecule has 2 atom stereocenters. The molecule has 0 bridgehead atoms. The average Bonchev–Trinajstić information content (AvgIpc) is 3.16. The Kier molecular flexibility index (Phi) is 8.77. The van der Waals surface area contributed by atoms with Crippen molar-refractivity contribution >= 4 is 12.1 Å². The van der Waals surface area contributed by atoms with Gasteiger partial charge in [0.2, 0.25) is 0 Å². The van der Waals surface area contributed by atoms with Gasteiger partial charge in [-0.05, 0) is 12.0 Å². The number of ether oxygens (including phenoxy) is 2. The van der Waals surface area contributed by atoms with Crippen molar-refractivity contribution in [2.75, 3.05) is 79.6 Å². The Hall–Kier alpha value is -2.20. The minimum atomic E-state index is -0.226. The molecule has 188 valence electrons. The number of likely N-dealkylation sites (N-methyl/N-ethyl adjacent to an activating group) is 1. The average molecular weight is 474 g/mol. The molecule has 3 aliphatic heterocycles. The van der Waals surface area contributed by atoms with Crippen LogP contribution in [0.1, 0.15) is 18.4 Å². The second-order valence-electron chi connectivity index (χ2n) is 9.55. The van der Waals surface area contributed by atoms with Gasteiger partial charge in [-0.2, -0.15) is 0 Å². The Labute approximate surface area is 203 Å². The van der Waals surface area contributed by atoms with Crippen molar-refractivity contribution in [3.63, 3.8) is 0 Å². The Bertz CT molecular complexity index is 794. The molecule has 2 unspecified atom stereocenters. The van der Waals surface area contributed by atoms with Crippen LogP contribution in [0.25, 0.3) is 0 Å². The van der Waals surface area contributed by atoms with Gasteiger partial charge < -0.3 is 24.2 Å². The topological polar surface area (TPSA) is 68.8 Å². The fourth-order valence-corrected chi connectivity index (χ4v) is 5.17. The molecular weight excluding hydrogens is 434 g/mol. The number of hydrogen-bond acceptors (Lipinski definition) is 8. The summed E-state index contributed by atoms with van der Waals surface area (Å²) in [4.78, 5) is 35.2. The van der Waals surface area contributed by atoms with Gasteiger partial charge in [0.1, 0.15) is 0 Å². The number of cyclic esters (lactones) is 1. The molecule has 0 saturated carbocycles. The highest BCUT2D eigenvalue weighted by molar-refractivity contribution is 5.70. The highest BCUT2D eigenvalue weighted by Crippen LogP contribution is 2.25. The maximum atomic E-state index is 12.4. The number of rotatable bonds is 9. The van der Waals surface area contributed by atoms with Crippen LogP contribution in [0.3, 0.4) is 0 Å².